The third-order valence-electron chi connectivity index (χ3n) is 4.06. The Labute approximate surface area is 165 Å². The number of carbonyl (C=O) groups is 1. The molecule has 0 bridgehead atoms. The molecular formula is C20H18N4OS2. The Balaban J connectivity index is 1.28. The second-order valence-corrected chi connectivity index (χ2v) is 7.93. The average molecular weight is 395 g/mol. The molecule has 0 unspecified atom stereocenters. The SMILES string of the molecule is O=C(Cc1csc(-c2cccs2)n1)NCc1ccc(Cn2ccnc2)cc1. The highest BCUT2D eigenvalue weighted by molar-refractivity contribution is 7.20. The largest absolute Gasteiger partial charge is 0.352 e. The molecule has 0 atom stereocenters. The van der Waals surface area contributed by atoms with Crippen LogP contribution in [-0.4, -0.2) is 20.4 Å². The van der Waals surface area contributed by atoms with Crippen molar-refractivity contribution in [3.8, 4) is 9.88 Å². The number of hydrogen-bond donors (Lipinski definition) is 1. The summed E-state index contributed by atoms with van der Waals surface area (Å²) in [7, 11) is 0. The summed E-state index contributed by atoms with van der Waals surface area (Å²) < 4.78 is 2.02. The molecule has 1 N–H and O–H groups in total. The van der Waals surface area contributed by atoms with E-state index in [2.05, 4.69) is 27.4 Å². The van der Waals surface area contributed by atoms with Crippen LogP contribution in [0.2, 0.25) is 0 Å². The van der Waals surface area contributed by atoms with Crippen molar-refractivity contribution in [2.24, 2.45) is 0 Å². The summed E-state index contributed by atoms with van der Waals surface area (Å²) in [5, 5.41) is 7.93. The first-order valence-corrected chi connectivity index (χ1v) is 10.3. The number of thiophene rings is 1. The van der Waals surface area contributed by atoms with Crippen LogP contribution in [0.15, 0.2) is 65.9 Å². The van der Waals surface area contributed by atoms with Crippen LogP contribution in [0.1, 0.15) is 16.8 Å². The Bertz CT molecular complexity index is 989. The highest BCUT2D eigenvalue weighted by Crippen LogP contribution is 2.27. The van der Waals surface area contributed by atoms with Crippen molar-refractivity contribution in [2.75, 3.05) is 0 Å². The number of aromatic nitrogens is 3. The van der Waals surface area contributed by atoms with Gasteiger partial charge in [-0.3, -0.25) is 4.79 Å². The molecule has 1 amide bonds. The van der Waals surface area contributed by atoms with Gasteiger partial charge in [0.25, 0.3) is 0 Å². The quantitative estimate of drug-likeness (QED) is 0.516. The summed E-state index contributed by atoms with van der Waals surface area (Å²) in [6.45, 7) is 1.31. The van der Waals surface area contributed by atoms with E-state index in [-0.39, 0.29) is 5.91 Å². The summed E-state index contributed by atoms with van der Waals surface area (Å²) in [4.78, 5) is 21.9. The molecule has 7 heteroatoms. The minimum Gasteiger partial charge on any atom is -0.352 e. The lowest BCUT2D eigenvalue weighted by molar-refractivity contribution is -0.120. The van der Waals surface area contributed by atoms with Gasteiger partial charge in [0, 0.05) is 30.9 Å². The minimum absolute atomic E-state index is 0.0134. The fourth-order valence-electron chi connectivity index (χ4n) is 2.68. The molecule has 1 aromatic carbocycles. The van der Waals surface area contributed by atoms with E-state index in [0.29, 0.717) is 13.0 Å². The lowest BCUT2D eigenvalue weighted by Gasteiger charge is -2.07. The number of imidazole rings is 1. The Hall–Kier alpha value is -2.77. The zero-order chi connectivity index (χ0) is 18.5. The average Bonchev–Trinajstić information content (AvgIpc) is 3.43. The molecule has 0 aliphatic rings. The number of hydrogen-bond acceptors (Lipinski definition) is 5. The molecule has 0 fully saturated rings. The third-order valence-corrected chi connectivity index (χ3v) is 5.99. The molecule has 3 heterocycles. The number of rotatable bonds is 7. The summed E-state index contributed by atoms with van der Waals surface area (Å²) in [5.74, 6) is -0.0134. The molecular weight excluding hydrogens is 376 g/mol. The van der Waals surface area contributed by atoms with E-state index in [1.807, 2.05) is 45.8 Å². The summed E-state index contributed by atoms with van der Waals surface area (Å²) in [6.07, 6.45) is 5.82. The van der Waals surface area contributed by atoms with Gasteiger partial charge in [0.15, 0.2) is 0 Å². The topological polar surface area (TPSA) is 59.8 Å². The van der Waals surface area contributed by atoms with E-state index in [0.717, 1.165) is 27.7 Å². The predicted molar refractivity (Wildman–Crippen MR) is 109 cm³/mol. The van der Waals surface area contributed by atoms with E-state index >= 15 is 0 Å². The van der Waals surface area contributed by atoms with Crippen molar-refractivity contribution in [3.05, 3.63) is 82.7 Å². The third kappa shape index (κ3) is 4.69. The minimum atomic E-state index is -0.0134. The van der Waals surface area contributed by atoms with Gasteiger partial charge in [0.1, 0.15) is 5.01 Å². The molecule has 5 nitrogen and oxygen atoms in total. The Kier molecular flexibility index (Phi) is 5.41. The maximum atomic E-state index is 12.2. The molecule has 4 aromatic rings. The zero-order valence-electron chi connectivity index (χ0n) is 14.5. The fourth-order valence-corrected chi connectivity index (χ4v) is 4.32. The van der Waals surface area contributed by atoms with Crippen molar-refractivity contribution in [1.82, 2.24) is 19.9 Å². The van der Waals surface area contributed by atoms with Crippen LogP contribution in [0.3, 0.4) is 0 Å². The van der Waals surface area contributed by atoms with Gasteiger partial charge < -0.3 is 9.88 Å². The normalized spacial score (nSPS) is 10.8. The predicted octanol–water partition coefficient (Wildman–Crippen LogP) is 3.98. The van der Waals surface area contributed by atoms with Crippen LogP contribution in [0, 0.1) is 0 Å². The van der Waals surface area contributed by atoms with E-state index in [1.54, 1.807) is 35.2 Å². The Morgan fingerprint density at radius 3 is 2.70 bits per heavy atom. The Morgan fingerprint density at radius 1 is 1.11 bits per heavy atom. The molecule has 27 heavy (non-hydrogen) atoms. The molecule has 0 aliphatic heterocycles. The molecule has 4 rings (SSSR count). The van der Waals surface area contributed by atoms with Crippen molar-refractivity contribution < 1.29 is 4.79 Å². The van der Waals surface area contributed by atoms with Gasteiger partial charge in [-0.05, 0) is 22.6 Å². The van der Waals surface area contributed by atoms with Crippen molar-refractivity contribution >= 4 is 28.6 Å². The van der Waals surface area contributed by atoms with Crippen molar-refractivity contribution in [2.45, 2.75) is 19.5 Å². The lowest BCUT2D eigenvalue weighted by Crippen LogP contribution is -2.24. The molecule has 0 aliphatic carbocycles. The molecule has 0 spiro atoms. The standard InChI is InChI=1S/C20H18N4OS2/c25-19(10-17-13-27-20(23-17)18-2-1-9-26-18)22-11-15-3-5-16(6-4-15)12-24-8-7-21-14-24/h1-9,13-14H,10-12H2,(H,22,25). The van der Waals surface area contributed by atoms with Gasteiger partial charge >= 0.3 is 0 Å². The second-order valence-electron chi connectivity index (χ2n) is 6.13. The number of carbonyl (C=O) groups excluding carboxylic acids is 1. The first-order valence-electron chi connectivity index (χ1n) is 8.55. The zero-order valence-corrected chi connectivity index (χ0v) is 16.2. The van der Waals surface area contributed by atoms with E-state index in [9.17, 15) is 4.79 Å². The number of nitrogens with one attached hydrogen (secondary N) is 1. The van der Waals surface area contributed by atoms with E-state index in [1.165, 1.54) is 5.56 Å². The van der Waals surface area contributed by atoms with Crippen LogP contribution < -0.4 is 5.32 Å². The lowest BCUT2D eigenvalue weighted by atomic mass is 10.1. The summed E-state index contributed by atoms with van der Waals surface area (Å²) in [5.41, 5.74) is 3.10. The summed E-state index contributed by atoms with van der Waals surface area (Å²) >= 11 is 3.24. The van der Waals surface area contributed by atoms with Gasteiger partial charge in [-0.25, -0.2) is 9.97 Å². The van der Waals surface area contributed by atoms with Gasteiger partial charge in [-0.2, -0.15) is 0 Å². The van der Waals surface area contributed by atoms with Crippen LogP contribution in [-0.2, 0) is 24.3 Å². The van der Waals surface area contributed by atoms with Gasteiger partial charge in [0.2, 0.25) is 5.91 Å². The number of thiazole rings is 1. The first kappa shape index (κ1) is 17.6. The van der Waals surface area contributed by atoms with Crippen LogP contribution >= 0.6 is 22.7 Å². The first-order chi connectivity index (χ1) is 13.3. The van der Waals surface area contributed by atoms with Crippen molar-refractivity contribution in [3.63, 3.8) is 0 Å². The van der Waals surface area contributed by atoms with Gasteiger partial charge in [-0.15, -0.1) is 22.7 Å². The molecule has 0 saturated heterocycles. The fraction of sp³-hybridized carbons (Fsp3) is 0.150. The monoisotopic (exact) mass is 394 g/mol. The molecule has 0 radical (unpaired) electrons. The molecule has 3 aromatic heterocycles. The number of amides is 1. The number of nitrogens with zero attached hydrogens (tertiary/aromatic N) is 3. The van der Waals surface area contributed by atoms with Crippen molar-refractivity contribution in [1.29, 1.82) is 0 Å². The highest BCUT2D eigenvalue weighted by Gasteiger charge is 2.09. The second kappa shape index (κ2) is 8.28. The number of benzene rings is 1. The maximum absolute atomic E-state index is 12.2. The smallest absolute Gasteiger partial charge is 0.226 e. The summed E-state index contributed by atoms with van der Waals surface area (Å²) in [6, 6.07) is 12.3. The van der Waals surface area contributed by atoms with Gasteiger partial charge in [0.05, 0.1) is 23.3 Å². The molecule has 0 saturated carbocycles. The molecule has 136 valence electrons. The van der Waals surface area contributed by atoms with E-state index in [4.69, 9.17) is 0 Å². The highest BCUT2D eigenvalue weighted by atomic mass is 32.1. The van der Waals surface area contributed by atoms with Gasteiger partial charge in [-0.1, -0.05) is 30.3 Å². The Morgan fingerprint density at radius 2 is 1.96 bits per heavy atom. The van der Waals surface area contributed by atoms with Crippen LogP contribution in [0.25, 0.3) is 9.88 Å². The maximum Gasteiger partial charge on any atom is 0.226 e. The van der Waals surface area contributed by atoms with Crippen LogP contribution in [0.4, 0.5) is 0 Å². The van der Waals surface area contributed by atoms with Crippen LogP contribution in [0.5, 0.6) is 0 Å². The van der Waals surface area contributed by atoms with E-state index < -0.39 is 0 Å².